The molecule has 42 heavy (non-hydrogen) atoms. The maximum Gasteiger partial charge on any atom is 0.280 e. The van der Waals surface area contributed by atoms with Crippen LogP contribution in [-0.4, -0.2) is 68.7 Å². The summed E-state index contributed by atoms with van der Waals surface area (Å²) in [5.41, 5.74) is -0.361. The van der Waals surface area contributed by atoms with Crippen LogP contribution in [0, 0.1) is 17.8 Å². The number of amides is 2. The van der Waals surface area contributed by atoms with E-state index in [1.807, 2.05) is 0 Å². The van der Waals surface area contributed by atoms with E-state index in [0.717, 1.165) is 56.4 Å². The Balaban J connectivity index is 1.25. The van der Waals surface area contributed by atoms with Crippen LogP contribution in [0.5, 0.6) is 5.75 Å². The summed E-state index contributed by atoms with van der Waals surface area (Å²) in [5.74, 6) is 6.45. The van der Waals surface area contributed by atoms with Crippen molar-refractivity contribution >= 4 is 34.1 Å². The molecule has 4 aliphatic rings. The van der Waals surface area contributed by atoms with Crippen LogP contribution in [-0.2, 0) is 4.79 Å². The molecule has 3 saturated carbocycles. The molecule has 1 aliphatic heterocycles. The number of ether oxygens (including phenoxy) is 1. The van der Waals surface area contributed by atoms with Crippen LogP contribution in [0.2, 0.25) is 0 Å². The number of pyridine rings is 2. The van der Waals surface area contributed by atoms with E-state index in [4.69, 9.17) is 4.74 Å². The van der Waals surface area contributed by atoms with Crippen LogP contribution >= 0.6 is 11.3 Å². The molecule has 0 bridgehead atoms. The molecule has 1 spiro atoms. The van der Waals surface area contributed by atoms with Gasteiger partial charge in [-0.1, -0.05) is 17.3 Å². The number of methoxy groups -OCH3 is 1. The number of aromatic nitrogens is 4. The van der Waals surface area contributed by atoms with Crippen LogP contribution < -0.4 is 15.0 Å². The van der Waals surface area contributed by atoms with Crippen molar-refractivity contribution in [3.8, 4) is 28.7 Å². The molecular formula is C29H27F2N7O3S. The lowest BCUT2D eigenvalue weighted by atomic mass is 9.99. The SMILES string of the molecule is COc1cnc(C(F)F)cc1-c1cc(N2CCN(C3CC3)C3(CC3)C2=O)ncc1C(=O)Nc1nnc(C#CC2CC2)s1. The van der Waals surface area contributed by atoms with Crippen molar-refractivity contribution < 1.29 is 23.1 Å². The van der Waals surface area contributed by atoms with Gasteiger partial charge < -0.3 is 4.74 Å². The van der Waals surface area contributed by atoms with Crippen LogP contribution in [0.15, 0.2) is 24.5 Å². The first kappa shape index (κ1) is 26.9. The van der Waals surface area contributed by atoms with E-state index in [2.05, 4.69) is 42.2 Å². The number of carbonyl (C=O) groups excluding carboxylic acids is 2. The minimum absolute atomic E-state index is 0.0139. The first-order valence-electron chi connectivity index (χ1n) is 13.9. The normalized spacial score (nSPS) is 19.5. The summed E-state index contributed by atoms with van der Waals surface area (Å²) < 4.78 is 32.9. The average Bonchev–Trinajstić information content (AvgIpc) is 3.88. The Labute approximate surface area is 244 Å². The molecule has 3 aromatic heterocycles. The van der Waals surface area contributed by atoms with Crippen molar-refractivity contribution in [1.29, 1.82) is 0 Å². The van der Waals surface area contributed by atoms with E-state index >= 15 is 0 Å². The standard InChI is InChI=1S/C29H27F2N7O3S/c1-41-22-15-32-21(25(30)31)12-19(22)18-13-23(37-10-11-38(17-5-6-17)29(8-9-29)27(37)40)33-14-20(18)26(39)34-28-36-35-24(42-28)7-4-16-2-3-16/h12-17,25H,2-3,5-6,8-11H2,1H3,(H,34,36,39). The van der Waals surface area contributed by atoms with Gasteiger partial charge in [0.1, 0.15) is 22.8 Å². The summed E-state index contributed by atoms with van der Waals surface area (Å²) in [6.07, 6.45) is 5.71. The minimum atomic E-state index is -2.84. The number of alkyl halides is 2. The fraction of sp³-hybridized carbons (Fsp3) is 0.448. The lowest BCUT2D eigenvalue weighted by molar-refractivity contribution is -0.128. The van der Waals surface area contributed by atoms with Gasteiger partial charge in [0.2, 0.25) is 11.0 Å². The van der Waals surface area contributed by atoms with Gasteiger partial charge in [-0.15, -0.1) is 10.2 Å². The van der Waals surface area contributed by atoms with E-state index in [0.29, 0.717) is 29.3 Å². The molecule has 4 fully saturated rings. The first-order chi connectivity index (χ1) is 20.4. The lowest BCUT2D eigenvalue weighted by Crippen LogP contribution is -2.60. The van der Waals surface area contributed by atoms with E-state index in [1.54, 1.807) is 11.0 Å². The molecule has 1 N–H and O–H groups in total. The molecule has 4 heterocycles. The van der Waals surface area contributed by atoms with Crippen molar-refractivity contribution in [2.45, 2.75) is 56.5 Å². The highest BCUT2D eigenvalue weighted by molar-refractivity contribution is 7.15. The second-order valence-corrected chi connectivity index (χ2v) is 12.0. The van der Waals surface area contributed by atoms with Crippen molar-refractivity contribution in [3.63, 3.8) is 0 Å². The molecule has 13 heteroatoms. The number of piperazine rings is 1. The molecule has 3 aromatic rings. The van der Waals surface area contributed by atoms with E-state index in [9.17, 15) is 18.4 Å². The second kappa shape index (κ2) is 10.4. The zero-order chi connectivity index (χ0) is 29.0. The molecule has 0 aromatic carbocycles. The zero-order valence-corrected chi connectivity index (χ0v) is 23.6. The Kier molecular flexibility index (Phi) is 6.62. The Hall–Kier alpha value is -4.02. The quantitative estimate of drug-likeness (QED) is 0.405. The third-order valence-corrected chi connectivity index (χ3v) is 8.86. The molecule has 3 aliphatic carbocycles. The summed E-state index contributed by atoms with van der Waals surface area (Å²) in [6, 6.07) is 3.25. The highest BCUT2D eigenvalue weighted by atomic mass is 32.1. The highest BCUT2D eigenvalue weighted by Gasteiger charge is 2.61. The van der Waals surface area contributed by atoms with Gasteiger partial charge in [-0.25, -0.2) is 13.8 Å². The zero-order valence-electron chi connectivity index (χ0n) is 22.8. The Bertz CT molecular complexity index is 1640. The lowest BCUT2D eigenvalue weighted by Gasteiger charge is -2.41. The molecule has 216 valence electrons. The summed E-state index contributed by atoms with van der Waals surface area (Å²) in [6.45, 7) is 1.17. The van der Waals surface area contributed by atoms with Crippen molar-refractivity contribution in [3.05, 3.63) is 40.8 Å². The fourth-order valence-corrected chi connectivity index (χ4v) is 6.08. The highest BCUT2D eigenvalue weighted by Crippen LogP contribution is 2.50. The number of hydrogen-bond acceptors (Lipinski definition) is 9. The van der Waals surface area contributed by atoms with Crippen LogP contribution in [0.1, 0.15) is 66.0 Å². The summed E-state index contributed by atoms with van der Waals surface area (Å²) >= 11 is 1.14. The third kappa shape index (κ3) is 4.98. The molecular weight excluding hydrogens is 564 g/mol. The summed E-state index contributed by atoms with van der Waals surface area (Å²) in [5, 5.41) is 11.5. The molecule has 7 rings (SSSR count). The maximum absolute atomic E-state index is 13.7. The van der Waals surface area contributed by atoms with Gasteiger partial charge in [-0.2, -0.15) is 0 Å². The van der Waals surface area contributed by atoms with Crippen molar-refractivity contribution in [2.75, 3.05) is 30.4 Å². The summed E-state index contributed by atoms with van der Waals surface area (Å²) in [7, 11) is 1.40. The molecule has 0 unspecified atom stereocenters. The van der Waals surface area contributed by atoms with Gasteiger partial charge in [0.05, 0.1) is 18.9 Å². The van der Waals surface area contributed by atoms with Gasteiger partial charge in [-0.05, 0) is 56.6 Å². The summed E-state index contributed by atoms with van der Waals surface area (Å²) in [4.78, 5) is 39.6. The molecule has 1 saturated heterocycles. The smallest absolute Gasteiger partial charge is 0.280 e. The van der Waals surface area contributed by atoms with Gasteiger partial charge >= 0.3 is 0 Å². The number of nitrogens with one attached hydrogen (secondary N) is 1. The molecule has 0 atom stereocenters. The number of hydrogen-bond donors (Lipinski definition) is 1. The Morgan fingerprint density at radius 3 is 2.62 bits per heavy atom. The fourth-order valence-electron chi connectivity index (χ4n) is 5.48. The van der Waals surface area contributed by atoms with Crippen LogP contribution in [0.4, 0.5) is 19.7 Å². The first-order valence-corrected chi connectivity index (χ1v) is 14.8. The topological polar surface area (TPSA) is 113 Å². The second-order valence-electron chi connectivity index (χ2n) is 11.0. The van der Waals surface area contributed by atoms with Crippen molar-refractivity contribution in [2.24, 2.45) is 5.92 Å². The molecule has 10 nitrogen and oxygen atoms in total. The van der Waals surface area contributed by atoms with Gasteiger partial charge in [0, 0.05) is 42.4 Å². The number of anilines is 2. The van der Waals surface area contributed by atoms with E-state index in [-0.39, 0.29) is 33.5 Å². The monoisotopic (exact) mass is 591 g/mol. The number of halogens is 2. The van der Waals surface area contributed by atoms with Crippen LogP contribution in [0.25, 0.3) is 11.1 Å². The van der Waals surface area contributed by atoms with Crippen LogP contribution in [0.3, 0.4) is 0 Å². The maximum atomic E-state index is 13.7. The van der Waals surface area contributed by atoms with Crippen molar-refractivity contribution in [1.82, 2.24) is 25.1 Å². The largest absolute Gasteiger partial charge is 0.494 e. The van der Waals surface area contributed by atoms with E-state index in [1.165, 1.54) is 25.6 Å². The Morgan fingerprint density at radius 1 is 1.12 bits per heavy atom. The van der Waals surface area contributed by atoms with Gasteiger partial charge in [0.25, 0.3) is 12.3 Å². The number of carbonyl (C=O) groups is 2. The minimum Gasteiger partial charge on any atom is -0.494 e. The number of nitrogens with zero attached hydrogens (tertiary/aromatic N) is 6. The van der Waals surface area contributed by atoms with Gasteiger partial charge in [0.15, 0.2) is 5.01 Å². The average molecular weight is 592 g/mol. The Morgan fingerprint density at radius 2 is 1.93 bits per heavy atom. The van der Waals surface area contributed by atoms with E-state index < -0.39 is 23.6 Å². The molecule has 2 amide bonds. The van der Waals surface area contributed by atoms with Gasteiger partial charge in [-0.3, -0.25) is 29.7 Å². The molecule has 0 radical (unpaired) electrons. The predicted octanol–water partition coefficient (Wildman–Crippen LogP) is 4.30. The predicted molar refractivity (Wildman–Crippen MR) is 150 cm³/mol. The number of rotatable bonds is 7. The third-order valence-electron chi connectivity index (χ3n) is 8.11.